The molecule has 5 nitrogen and oxygen atoms in total. The average Bonchev–Trinajstić information content (AvgIpc) is 3.22. The van der Waals surface area contributed by atoms with Crippen molar-refractivity contribution in [1.82, 2.24) is 4.90 Å². The second kappa shape index (κ2) is 8.31. The third-order valence-corrected chi connectivity index (χ3v) is 7.96. The number of thioether (sulfide) groups is 1. The van der Waals surface area contributed by atoms with Crippen molar-refractivity contribution in [2.45, 2.75) is 50.2 Å². The highest BCUT2D eigenvalue weighted by atomic mass is 32.2. The first-order chi connectivity index (χ1) is 12.3. The molecule has 0 bridgehead atoms. The lowest BCUT2D eigenvalue weighted by Gasteiger charge is -2.30. The fourth-order valence-electron chi connectivity index (χ4n) is 3.52. The Labute approximate surface area is 160 Å². The Morgan fingerprint density at radius 2 is 2.08 bits per heavy atom. The van der Waals surface area contributed by atoms with Gasteiger partial charge in [0.1, 0.15) is 0 Å². The van der Waals surface area contributed by atoms with Crippen LogP contribution in [0.4, 0.5) is 0 Å². The standard InChI is InChI=1S/C19H27NO4S2/c1-14-5-6-18(10-15(14)2)25-12-19(21)20(11-17-4-3-8-24-17)16-7-9-26(22,23)13-16/h5-6,10,16-17H,3-4,7-9,11-13H2,1-2H3/t16-,17+/m0/s1. The summed E-state index contributed by atoms with van der Waals surface area (Å²) in [5.41, 5.74) is 2.44. The van der Waals surface area contributed by atoms with Crippen LogP contribution in [-0.4, -0.2) is 61.8 Å². The van der Waals surface area contributed by atoms with Gasteiger partial charge in [0.15, 0.2) is 9.84 Å². The average molecular weight is 398 g/mol. The van der Waals surface area contributed by atoms with Crippen LogP contribution < -0.4 is 0 Å². The van der Waals surface area contributed by atoms with Crippen molar-refractivity contribution >= 4 is 27.5 Å². The van der Waals surface area contributed by atoms with Crippen LogP contribution in [-0.2, 0) is 19.4 Å². The van der Waals surface area contributed by atoms with Crippen molar-refractivity contribution in [2.75, 3.05) is 30.4 Å². The maximum atomic E-state index is 12.9. The maximum absolute atomic E-state index is 12.9. The Bertz CT molecular complexity index is 757. The van der Waals surface area contributed by atoms with Gasteiger partial charge in [-0.2, -0.15) is 0 Å². The summed E-state index contributed by atoms with van der Waals surface area (Å²) in [6.07, 6.45) is 2.52. The van der Waals surface area contributed by atoms with Crippen LogP contribution in [0, 0.1) is 13.8 Å². The summed E-state index contributed by atoms with van der Waals surface area (Å²) in [4.78, 5) is 15.7. The van der Waals surface area contributed by atoms with E-state index in [2.05, 4.69) is 26.0 Å². The van der Waals surface area contributed by atoms with E-state index in [4.69, 9.17) is 4.74 Å². The highest BCUT2D eigenvalue weighted by molar-refractivity contribution is 8.00. The summed E-state index contributed by atoms with van der Waals surface area (Å²) in [6.45, 7) is 5.37. The first-order valence-corrected chi connectivity index (χ1v) is 12.0. The van der Waals surface area contributed by atoms with E-state index in [0.29, 0.717) is 18.7 Å². The van der Waals surface area contributed by atoms with E-state index in [-0.39, 0.29) is 29.6 Å². The summed E-state index contributed by atoms with van der Waals surface area (Å²) in [5, 5.41) is 0. The van der Waals surface area contributed by atoms with Crippen molar-refractivity contribution in [2.24, 2.45) is 0 Å². The highest BCUT2D eigenvalue weighted by Gasteiger charge is 2.36. The highest BCUT2D eigenvalue weighted by Crippen LogP contribution is 2.25. The number of aryl methyl sites for hydroxylation is 2. The van der Waals surface area contributed by atoms with Gasteiger partial charge in [-0.05, 0) is 56.4 Å². The molecule has 2 heterocycles. The molecule has 2 saturated heterocycles. The zero-order chi connectivity index (χ0) is 18.7. The number of ether oxygens (including phenoxy) is 1. The van der Waals surface area contributed by atoms with Gasteiger partial charge in [-0.25, -0.2) is 8.42 Å². The van der Waals surface area contributed by atoms with E-state index < -0.39 is 9.84 Å². The van der Waals surface area contributed by atoms with Crippen molar-refractivity contribution in [3.63, 3.8) is 0 Å². The van der Waals surface area contributed by atoms with Gasteiger partial charge in [0.25, 0.3) is 0 Å². The molecule has 0 unspecified atom stereocenters. The Morgan fingerprint density at radius 3 is 2.69 bits per heavy atom. The second-order valence-electron chi connectivity index (χ2n) is 7.27. The smallest absolute Gasteiger partial charge is 0.233 e. The van der Waals surface area contributed by atoms with Gasteiger partial charge in [0, 0.05) is 24.1 Å². The summed E-state index contributed by atoms with van der Waals surface area (Å²) in [6, 6.07) is 5.98. The van der Waals surface area contributed by atoms with Crippen LogP contribution >= 0.6 is 11.8 Å². The minimum absolute atomic E-state index is 0.00540. The van der Waals surface area contributed by atoms with Crippen LogP contribution in [0.25, 0.3) is 0 Å². The Hall–Kier alpha value is -1.05. The van der Waals surface area contributed by atoms with E-state index in [1.54, 1.807) is 4.90 Å². The molecule has 3 rings (SSSR count). The summed E-state index contributed by atoms with van der Waals surface area (Å²) >= 11 is 1.51. The molecule has 1 aromatic rings. The minimum Gasteiger partial charge on any atom is -0.376 e. The van der Waals surface area contributed by atoms with Gasteiger partial charge in [-0.1, -0.05) is 6.07 Å². The molecule has 0 aromatic heterocycles. The number of amides is 1. The minimum atomic E-state index is -3.03. The Morgan fingerprint density at radius 1 is 1.27 bits per heavy atom. The molecule has 0 spiro atoms. The van der Waals surface area contributed by atoms with E-state index >= 15 is 0 Å². The molecule has 26 heavy (non-hydrogen) atoms. The van der Waals surface area contributed by atoms with Crippen LogP contribution in [0.15, 0.2) is 23.1 Å². The zero-order valence-corrected chi connectivity index (χ0v) is 17.1. The third-order valence-electron chi connectivity index (χ3n) is 5.23. The fraction of sp³-hybridized carbons (Fsp3) is 0.632. The first-order valence-electron chi connectivity index (χ1n) is 9.15. The predicted octanol–water partition coefficient (Wildman–Crippen LogP) is 2.59. The lowest BCUT2D eigenvalue weighted by molar-refractivity contribution is -0.131. The number of carbonyl (C=O) groups excluding carboxylic acids is 1. The molecule has 0 aliphatic carbocycles. The molecule has 1 amide bonds. The van der Waals surface area contributed by atoms with Crippen LogP contribution in [0.1, 0.15) is 30.4 Å². The summed E-state index contributed by atoms with van der Waals surface area (Å²) in [7, 11) is -3.03. The van der Waals surface area contributed by atoms with Crippen molar-refractivity contribution in [3.8, 4) is 0 Å². The van der Waals surface area contributed by atoms with Crippen molar-refractivity contribution in [3.05, 3.63) is 29.3 Å². The van der Waals surface area contributed by atoms with E-state index in [0.717, 1.165) is 24.3 Å². The molecule has 2 aliphatic heterocycles. The summed E-state index contributed by atoms with van der Waals surface area (Å²) < 4.78 is 29.4. The molecule has 2 aliphatic rings. The molecule has 0 N–H and O–H groups in total. The lowest BCUT2D eigenvalue weighted by Crippen LogP contribution is -2.46. The van der Waals surface area contributed by atoms with E-state index in [1.165, 1.54) is 22.9 Å². The van der Waals surface area contributed by atoms with E-state index in [1.807, 2.05) is 6.07 Å². The number of sulfone groups is 1. The van der Waals surface area contributed by atoms with Crippen molar-refractivity contribution in [1.29, 1.82) is 0 Å². The van der Waals surface area contributed by atoms with Crippen LogP contribution in [0.3, 0.4) is 0 Å². The number of hydrogen-bond donors (Lipinski definition) is 0. The molecule has 0 radical (unpaired) electrons. The Balaban J connectivity index is 1.66. The molecule has 144 valence electrons. The SMILES string of the molecule is Cc1ccc(SCC(=O)N(C[C@H]2CCCO2)[C@H]2CCS(=O)(=O)C2)cc1C. The maximum Gasteiger partial charge on any atom is 0.233 e. The first kappa shape index (κ1) is 19.7. The quantitative estimate of drug-likeness (QED) is 0.691. The molecule has 2 atom stereocenters. The monoisotopic (exact) mass is 397 g/mol. The zero-order valence-electron chi connectivity index (χ0n) is 15.4. The largest absolute Gasteiger partial charge is 0.376 e. The van der Waals surface area contributed by atoms with Crippen LogP contribution in [0.5, 0.6) is 0 Å². The third kappa shape index (κ3) is 5.02. The molecular weight excluding hydrogens is 370 g/mol. The van der Waals surface area contributed by atoms with Gasteiger partial charge < -0.3 is 9.64 Å². The molecule has 1 aromatic carbocycles. The molecule has 7 heteroatoms. The second-order valence-corrected chi connectivity index (χ2v) is 10.6. The van der Waals surface area contributed by atoms with Gasteiger partial charge in [-0.3, -0.25) is 4.79 Å². The predicted molar refractivity (Wildman–Crippen MR) is 104 cm³/mol. The lowest BCUT2D eigenvalue weighted by atomic mass is 10.1. The normalized spacial score (nSPS) is 24.7. The number of carbonyl (C=O) groups is 1. The van der Waals surface area contributed by atoms with Gasteiger partial charge in [0.05, 0.1) is 23.4 Å². The Kier molecular flexibility index (Phi) is 6.30. The summed E-state index contributed by atoms with van der Waals surface area (Å²) in [5.74, 6) is 0.592. The van der Waals surface area contributed by atoms with Gasteiger partial charge >= 0.3 is 0 Å². The van der Waals surface area contributed by atoms with Crippen LogP contribution in [0.2, 0.25) is 0 Å². The fourth-order valence-corrected chi connectivity index (χ4v) is 6.13. The number of rotatable bonds is 6. The molecule has 2 fully saturated rings. The topological polar surface area (TPSA) is 63.7 Å². The number of hydrogen-bond acceptors (Lipinski definition) is 5. The van der Waals surface area contributed by atoms with Gasteiger partial charge in [0.2, 0.25) is 5.91 Å². The van der Waals surface area contributed by atoms with Crippen molar-refractivity contribution < 1.29 is 17.9 Å². The molecular formula is C19H27NO4S2. The van der Waals surface area contributed by atoms with Gasteiger partial charge in [-0.15, -0.1) is 11.8 Å². The van der Waals surface area contributed by atoms with E-state index in [9.17, 15) is 13.2 Å². The number of benzene rings is 1. The molecule has 0 saturated carbocycles. The number of nitrogens with zero attached hydrogens (tertiary/aromatic N) is 1.